The van der Waals surface area contributed by atoms with E-state index >= 15 is 0 Å². The Morgan fingerprint density at radius 3 is 2.32 bits per heavy atom. The summed E-state index contributed by atoms with van der Waals surface area (Å²) in [5.41, 5.74) is -0.373. The average Bonchev–Trinajstić information content (AvgIpc) is 2.48. The van der Waals surface area contributed by atoms with Gasteiger partial charge in [0.25, 0.3) is 0 Å². The molecule has 0 aromatic carbocycles. The molecule has 1 aliphatic rings. The zero-order valence-corrected chi connectivity index (χ0v) is 14.2. The largest absolute Gasteiger partial charge is 0.379 e. The number of morpholine rings is 1. The smallest absolute Gasteiger partial charge is 0.225 e. The number of carbonyl (C=O) groups is 2. The van der Waals surface area contributed by atoms with Crippen LogP contribution in [0.5, 0.6) is 0 Å². The predicted molar refractivity (Wildman–Crippen MR) is 86.6 cm³/mol. The second-order valence-corrected chi connectivity index (χ2v) is 6.77. The van der Waals surface area contributed by atoms with Gasteiger partial charge in [0.05, 0.1) is 13.2 Å². The van der Waals surface area contributed by atoms with Crippen LogP contribution < -0.4 is 10.6 Å². The number of carbonyl (C=O) groups excluding carboxylic acids is 2. The first-order chi connectivity index (χ1) is 10.4. The second-order valence-electron chi connectivity index (χ2n) is 6.77. The lowest BCUT2D eigenvalue weighted by Gasteiger charge is -2.26. The van der Waals surface area contributed by atoms with E-state index in [4.69, 9.17) is 4.74 Å². The Labute approximate surface area is 134 Å². The third kappa shape index (κ3) is 8.34. The van der Waals surface area contributed by atoms with E-state index in [9.17, 15) is 9.59 Å². The van der Waals surface area contributed by atoms with Crippen LogP contribution in [0, 0.1) is 5.41 Å². The van der Waals surface area contributed by atoms with E-state index in [0.29, 0.717) is 25.9 Å². The summed E-state index contributed by atoms with van der Waals surface area (Å²) in [7, 11) is 0. The van der Waals surface area contributed by atoms with Crippen LogP contribution in [0.3, 0.4) is 0 Å². The summed E-state index contributed by atoms with van der Waals surface area (Å²) < 4.78 is 5.30. The first kappa shape index (κ1) is 18.9. The van der Waals surface area contributed by atoms with Crippen molar-refractivity contribution in [3.05, 3.63) is 0 Å². The van der Waals surface area contributed by atoms with Crippen LogP contribution in [-0.4, -0.2) is 62.7 Å². The lowest BCUT2D eigenvalue weighted by molar-refractivity contribution is -0.128. The summed E-state index contributed by atoms with van der Waals surface area (Å²) >= 11 is 0. The Kier molecular flexibility index (Phi) is 8.42. The minimum absolute atomic E-state index is 0.0263. The molecule has 0 aromatic heterocycles. The van der Waals surface area contributed by atoms with Crippen molar-refractivity contribution in [2.24, 2.45) is 5.41 Å². The third-order valence-electron chi connectivity index (χ3n) is 3.62. The molecule has 22 heavy (non-hydrogen) atoms. The molecule has 0 unspecified atom stereocenters. The van der Waals surface area contributed by atoms with E-state index in [1.165, 1.54) is 0 Å². The van der Waals surface area contributed by atoms with E-state index in [1.807, 2.05) is 20.8 Å². The van der Waals surface area contributed by atoms with Crippen LogP contribution in [-0.2, 0) is 14.3 Å². The molecule has 0 radical (unpaired) electrons. The molecule has 1 saturated heterocycles. The monoisotopic (exact) mass is 313 g/mol. The highest BCUT2D eigenvalue weighted by Crippen LogP contribution is 2.12. The van der Waals surface area contributed by atoms with E-state index in [1.54, 1.807) is 0 Å². The van der Waals surface area contributed by atoms with Gasteiger partial charge in [0.15, 0.2) is 0 Å². The number of nitrogens with one attached hydrogen (secondary N) is 2. The van der Waals surface area contributed by atoms with Crippen LogP contribution in [0.4, 0.5) is 0 Å². The molecule has 128 valence electrons. The molecule has 0 aliphatic carbocycles. The van der Waals surface area contributed by atoms with Crippen molar-refractivity contribution in [3.63, 3.8) is 0 Å². The van der Waals surface area contributed by atoms with Gasteiger partial charge >= 0.3 is 0 Å². The molecule has 6 nitrogen and oxygen atoms in total. The maximum Gasteiger partial charge on any atom is 0.225 e. The number of nitrogens with zero attached hydrogens (tertiary/aromatic N) is 1. The van der Waals surface area contributed by atoms with E-state index in [0.717, 1.165) is 39.3 Å². The van der Waals surface area contributed by atoms with Crippen molar-refractivity contribution in [2.45, 2.75) is 40.0 Å². The number of amides is 2. The molecule has 2 N–H and O–H groups in total. The molecule has 1 fully saturated rings. The van der Waals surface area contributed by atoms with Gasteiger partial charge in [0.2, 0.25) is 11.8 Å². The lowest BCUT2D eigenvalue weighted by atomic mass is 9.96. The SMILES string of the molecule is CC(C)(C)C(=O)NCCCC(=O)NCCCN1CCOCC1. The topological polar surface area (TPSA) is 70.7 Å². The Hall–Kier alpha value is -1.14. The molecule has 0 aromatic rings. The Bertz CT molecular complexity index is 347. The maximum absolute atomic E-state index is 11.7. The van der Waals surface area contributed by atoms with Crippen molar-refractivity contribution >= 4 is 11.8 Å². The lowest BCUT2D eigenvalue weighted by Crippen LogP contribution is -2.38. The standard InChI is InChI=1S/C16H31N3O3/c1-16(2,3)15(21)18-7-4-6-14(20)17-8-5-9-19-10-12-22-13-11-19/h4-13H2,1-3H3,(H,17,20)(H,18,21). The first-order valence-corrected chi connectivity index (χ1v) is 8.24. The molecular weight excluding hydrogens is 282 g/mol. The van der Waals surface area contributed by atoms with Gasteiger partial charge in [0.1, 0.15) is 0 Å². The molecule has 1 heterocycles. The molecule has 6 heteroatoms. The van der Waals surface area contributed by atoms with Crippen LogP contribution in [0.15, 0.2) is 0 Å². The first-order valence-electron chi connectivity index (χ1n) is 8.24. The zero-order valence-electron chi connectivity index (χ0n) is 14.2. The fourth-order valence-electron chi connectivity index (χ4n) is 2.16. The number of hydrogen-bond acceptors (Lipinski definition) is 4. The Balaban J connectivity index is 1.96. The summed E-state index contributed by atoms with van der Waals surface area (Å²) in [6.07, 6.45) is 2.10. The normalized spacial score (nSPS) is 16.3. The summed E-state index contributed by atoms with van der Waals surface area (Å²) in [6, 6.07) is 0. The van der Waals surface area contributed by atoms with Crippen molar-refractivity contribution < 1.29 is 14.3 Å². The molecule has 1 rings (SSSR count). The minimum atomic E-state index is -0.373. The number of rotatable bonds is 8. The zero-order chi connectivity index (χ0) is 16.4. The van der Waals surface area contributed by atoms with Gasteiger partial charge < -0.3 is 15.4 Å². The van der Waals surface area contributed by atoms with Crippen molar-refractivity contribution in [1.29, 1.82) is 0 Å². The van der Waals surface area contributed by atoms with Crippen molar-refractivity contribution in [1.82, 2.24) is 15.5 Å². The molecular formula is C16H31N3O3. The van der Waals surface area contributed by atoms with Crippen LogP contribution in [0.2, 0.25) is 0 Å². The van der Waals surface area contributed by atoms with Crippen molar-refractivity contribution in [2.75, 3.05) is 45.9 Å². The quantitative estimate of drug-likeness (QED) is 0.649. The van der Waals surface area contributed by atoms with E-state index < -0.39 is 0 Å². The fourth-order valence-corrected chi connectivity index (χ4v) is 2.16. The van der Waals surface area contributed by atoms with Gasteiger partial charge in [-0.3, -0.25) is 14.5 Å². The summed E-state index contributed by atoms with van der Waals surface area (Å²) in [5, 5.41) is 5.78. The summed E-state index contributed by atoms with van der Waals surface area (Å²) in [6.45, 7) is 11.5. The molecule has 0 saturated carbocycles. The van der Waals surface area contributed by atoms with Crippen LogP contribution in [0.1, 0.15) is 40.0 Å². The van der Waals surface area contributed by atoms with E-state index in [-0.39, 0.29) is 17.2 Å². The summed E-state index contributed by atoms with van der Waals surface area (Å²) in [4.78, 5) is 25.7. The molecule has 2 amide bonds. The fraction of sp³-hybridized carbons (Fsp3) is 0.875. The van der Waals surface area contributed by atoms with Gasteiger partial charge in [0, 0.05) is 38.0 Å². The highest BCUT2D eigenvalue weighted by Gasteiger charge is 2.20. The predicted octanol–water partition coefficient (Wildman–Crippen LogP) is 0.767. The highest BCUT2D eigenvalue weighted by molar-refractivity contribution is 5.81. The molecule has 0 spiro atoms. The average molecular weight is 313 g/mol. The van der Waals surface area contributed by atoms with Crippen LogP contribution >= 0.6 is 0 Å². The third-order valence-corrected chi connectivity index (χ3v) is 3.62. The summed E-state index contributed by atoms with van der Waals surface area (Å²) in [5.74, 6) is 0.0883. The Morgan fingerprint density at radius 1 is 1.05 bits per heavy atom. The number of hydrogen-bond donors (Lipinski definition) is 2. The highest BCUT2D eigenvalue weighted by atomic mass is 16.5. The van der Waals surface area contributed by atoms with Gasteiger partial charge in [-0.1, -0.05) is 20.8 Å². The molecule has 1 aliphatic heterocycles. The second kappa shape index (κ2) is 9.79. The number of ether oxygens (including phenoxy) is 1. The molecule has 0 atom stereocenters. The maximum atomic E-state index is 11.7. The van der Waals surface area contributed by atoms with Gasteiger partial charge in [-0.2, -0.15) is 0 Å². The molecule has 0 bridgehead atoms. The minimum Gasteiger partial charge on any atom is -0.379 e. The van der Waals surface area contributed by atoms with E-state index in [2.05, 4.69) is 15.5 Å². The van der Waals surface area contributed by atoms with Gasteiger partial charge in [-0.25, -0.2) is 0 Å². The van der Waals surface area contributed by atoms with Crippen molar-refractivity contribution in [3.8, 4) is 0 Å². The van der Waals surface area contributed by atoms with Crippen LogP contribution in [0.25, 0.3) is 0 Å². The van der Waals surface area contributed by atoms with Gasteiger partial charge in [-0.05, 0) is 19.4 Å². The van der Waals surface area contributed by atoms with Gasteiger partial charge in [-0.15, -0.1) is 0 Å². The Morgan fingerprint density at radius 2 is 1.68 bits per heavy atom.